The lowest BCUT2D eigenvalue weighted by Crippen LogP contribution is -2.63. The van der Waals surface area contributed by atoms with Crippen LogP contribution in [0.15, 0.2) is 22.8 Å². The molecule has 1 aromatic heterocycles. The summed E-state index contributed by atoms with van der Waals surface area (Å²) in [7, 11) is 0. The summed E-state index contributed by atoms with van der Waals surface area (Å²) in [6, 6.07) is 3.62. The second-order valence-corrected chi connectivity index (χ2v) is 4.98. The average molecular weight is 252 g/mol. The number of amides is 1. The predicted octanol–water partition coefficient (Wildman–Crippen LogP) is 0.743. The first-order valence-electron chi connectivity index (χ1n) is 6.35. The van der Waals surface area contributed by atoms with Crippen molar-refractivity contribution in [3.8, 4) is 0 Å². The predicted molar refractivity (Wildman–Crippen MR) is 66.9 cm³/mol. The second-order valence-electron chi connectivity index (χ2n) is 4.98. The number of rotatable bonds is 6. The Bertz CT molecular complexity index is 383. The SMILES string of the molecule is CCCC1(O)CN(CC(=O)NCc2ccco2)C1. The van der Waals surface area contributed by atoms with E-state index in [1.54, 1.807) is 12.3 Å². The topological polar surface area (TPSA) is 65.7 Å². The first kappa shape index (κ1) is 13.1. The minimum Gasteiger partial charge on any atom is -0.467 e. The van der Waals surface area contributed by atoms with Gasteiger partial charge in [-0.15, -0.1) is 0 Å². The molecule has 1 saturated heterocycles. The van der Waals surface area contributed by atoms with Gasteiger partial charge >= 0.3 is 0 Å². The molecule has 2 N–H and O–H groups in total. The van der Waals surface area contributed by atoms with E-state index in [0.717, 1.165) is 18.6 Å². The Hall–Kier alpha value is -1.33. The molecule has 0 aliphatic carbocycles. The van der Waals surface area contributed by atoms with E-state index in [1.165, 1.54) is 0 Å². The van der Waals surface area contributed by atoms with Gasteiger partial charge in [0.25, 0.3) is 0 Å². The Morgan fingerprint density at radius 1 is 1.61 bits per heavy atom. The Balaban J connectivity index is 1.64. The van der Waals surface area contributed by atoms with Crippen molar-refractivity contribution in [1.29, 1.82) is 0 Å². The van der Waals surface area contributed by atoms with Crippen LogP contribution in [0.2, 0.25) is 0 Å². The van der Waals surface area contributed by atoms with Crippen molar-refractivity contribution < 1.29 is 14.3 Å². The van der Waals surface area contributed by atoms with Crippen LogP contribution in [0.25, 0.3) is 0 Å². The van der Waals surface area contributed by atoms with Crippen LogP contribution in [0, 0.1) is 0 Å². The van der Waals surface area contributed by atoms with Gasteiger partial charge in [0.15, 0.2) is 0 Å². The normalized spacial score (nSPS) is 18.3. The van der Waals surface area contributed by atoms with Gasteiger partial charge in [0.2, 0.25) is 5.91 Å². The fraction of sp³-hybridized carbons (Fsp3) is 0.615. The third kappa shape index (κ3) is 3.34. The van der Waals surface area contributed by atoms with Gasteiger partial charge in [0, 0.05) is 13.1 Å². The number of carbonyl (C=O) groups is 1. The van der Waals surface area contributed by atoms with E-state index in [0.29, 0.717) is 26.2 Å². The molecule has 5 heteroatoms. The maximum Gasteiger partial charge on any atom is 0.234 e. The summed E-state index contributed by atoms with van der Waals surface area (Å²) >= 11 is 0. The minimum absolute atomic E-state index is 0.0371. The molecular weight excluding hydrogens is 232 g/mol. The highest BCUT2D eigenvalue weighted by molar-refractivity contribution is 5.78. The van der Waals surface area contributed by atoms with Crippen molar-refractivity contribution in [2.24, 2.45) is 0 Å². The largest absolute Gasteiger partial charge is 0.467 e. The van der Waals surface area contributed by atoms with Gasteiger partial charge in [-0.25, -0.2) is 0 Å². The standard InChI is InChI=1S/C13H20N2O3/c1-2-5-13(17)9-15(10-13)8-12(16)14-7-11-4-3-6-18-11/h3-4,6,17H,2,5,7-10H2,1H3,(H,14,16). The highest BCUT2D eigenvalue weighted by Gasteiger charge is 2.40. The fourth-order valence-electron chi connectivity index (χ4n) is 2.38. The minimum atomic E-state index is -0.573. The third-order valence-electron chi connectivity index (χ3n) is 3.16. The number of aliphatic hydroxyl groups is 1. The van der Waals surface area contributed by atoms with Crippen molar-refractivity contribution in [2.45, 2.75) is 31.9 Å². The van der Waals surface area contributed by atoms with Gasteiger partial charge in [0.1, 0.15) is 5.76 Å². The lowest BCUT2D eigenvalue weighted by Gasteiger charge is -2.46. The molecule has 2 rings (SSSR count). The van der Waals surface area contributed by atoms with Crippen LogP contribution < -0.4 is 5.32 Å². The molecule has 1 amide bonds. The van der Waals surface area contributed by atoms with Crippen molar-refractivity contribution in [2.75, 3.05) is 19.6 Å². The number of likely N-dealkylation sites (tertiary alicyclic amines) is 1. The molecule has 1 aromatic rings. The van der Waals surface area contributed by atoms with E-state index in [-0.39, 0.29) is 5.91 Å². The van der Waals surface area contributed by atoms with E-state index >= 15 is 0 Å². The number of hydrogen-bond donors (Lipinski definition) is 2. The van der Waals surface area contributed by atoms with Crippen molar-refractivity contribution in [3.05, 3.63) is 24.2 Å². The Morgan fingerprint density at radius 3 is 3.00 bits per heavy atom. The molecule has 100 valence electrons. The first-order chi connectivity index (χ1) is 8.61. The summed E-state index contributed by atoms with van der Waals surface area (Å²) < 4.78 is 5.13. The van der Waals surface area contributed by atoms with Crippen LogP contribution in [-0.2, 0) is 11.3 Å². The number of carbonyl (C=O) groups excluding carboxylic acids is 1. The Kier molecular flexibility index (Phi) is 4.04. The van der Waals surface area contributed by atoms with Crippen LogP contribution in [0.4, 0.5) is 0 Å². The van der Waals surface area contributed by atoms with Crippen LogP contribution >= 0.6 is 0 Å². The smallest absolute Gasteiger partial charge is 0.234 e. The number of nitrogens with one attached hydrogen (secondary N) is 1. The zero-order valence-electron chi connectivity index (χ0n) is 10.7. The average Bonchev–Trinajstić information content (AvgIpc) is 2.77. The van der Waals surface area contributed by atoms with E-state index in [1.807, 2.05) is 11.0 Å². The zero-order chi connectivity index (χ0) is 13.0. The van der Waals surface area contributed by atoms with E-state index in [2.05, 4.69) is 12.2 Å². The van der Waals surface area contributed by atoms with Crippen LogP contribution in [-0.4, -0.2) is 41.1 Å². The molecule has 0 radical (unpaired) electrons. The molecule has 1 aliphatic rings. The summed E-state index contributed by atoms with van der Waals surface area (Å²) in [5, 5.41) is 12.8. The molecule has 18 heavy (non-hydrogen) atoms. The van der Waals surface area contributed by atoms with Gasteiger partial charge in [-0.2, -0.15) is 0 Å². The number of nitrogens with zero attached hydrogens (tertiary/aromatic N) is 1. The van der Waals surface area contributed by atoms with E-state index in [9.17, 15) is 9.90 Å². The van der Waals surface area contributed by atoms with Crippen LogP contribution in [0.1, 0.15) is 25.5 Å². The lowest BCUT2D eigenvalue weighted by molar-refractivity contribution is -0.133. The van der Waals surface area contributed by atoms with Gasteiger partial charge in [0.05, 0.1) is 25.0 Å². The summed E-state index contributed by atoms with van der Waals surface area (Å²) in [6.45, 7) is 3.99. The van der Waals surface area contributed by atoms with Gasteiger partial charge in [-0.05, 0) is 18.6 Å². The molecule has 2 heterocycles. The van der Waals surface area contributed by atoms with Crippen LogP contribution in [0.5, 0.6) is 0 Å². The first-order valence-corrected chi connectivity index (χ1v) is 6.35. The summed E-state index contributed by atoms with van der Waals surface area (Å²) in [5.74, 6) is 0.708. The highest BCUT2D eigenvalue weighted by atomic mass is 16.3. The maximum atomic E-state index is 11.6. The summed E-state index contributed by atoms with van der Waals surface area (Å²) in [6.07, 6.45) is 3.36. The maximum absolute atomic E-state index is 11.6. The molecule has 0 unspecified atom stereocenters. The number of furan rings is 1. The van der Waals surface area contributed by atoms with Gasteiger partial charge in [-0.3, -0.25) is 9.69 Å². The van der Waals surface area contributed by atoms with Crippen molar-refractivity contribution in [3.63, 3.8) is 0 Å². The lowest BCUT2D eigenvalue weighted by atomic mass is 9.89. The van der Waals surface area contributed by atoms with Crippen molar-refractivity contribution >= 4 is 5.91 Å². The summed E-state index contributed by atoms with van der Waals surface area (Å²) in [4.78, 5) is 13.6. The molecule has 0 atom stereocenters. The van der Waals surface area contributed by atoms with Crippen molar-refractivity contribution in [1.82, 2.24) is 10.2 Å². The molecule has 0 aromatic carbocycles. The molecular formula is C13H20N2O3. The number of β-amino-alcohol motifs (C(OH)–C–C–N with tert-alkyl or cyclic N) is 1. The number of hydrogen-bond acceptors (Lipinski definition) is 4. The van der Waals surface area contributed by atoms with Gasteiger partial charge < -0.3 is 14.8 Å². The van der Waals surface area contributed by atoms with Gasteiger partial charge in [-0.1, -0.05) is 13.3 Å². The second kappa shape index (κ2) is 5.54. The third-order valence-corrected chi connectivity index (χ3v) is 3.16. The van der Waals surface area contributed by atoms with E-state index < -0.39 is 5.60 Å². The Labute approximate surface area is 107 Å². The molecule has 0 bridgehead atoms. The van der Waals surface area contributed by atoms with Crippen LogP contribution in [0.3, 0.4) is 0 Å². The summed E-state index contributed by atoms with van der Waals surface area (Å²) in [5.41, 5.74) is -0.573. The fourth-order valence-corrected chi connectivity index (χ4v) is 2.38. The molecule has 5 nitrogen and oxygen atoms in total. The quantitative estimate of drug-likeness (QED) is 0.784. The highest BCUT2D eigenvalue weighted by Crippen LogP contribution is 2.24. The molecule has 0 saturated carbocycles. The Morgan fingerprint density at radius 2 is 2.39 bits per heavy atom. The zero-order valence-corrected chi connectivity index (χ0v) is 10.7. The monoisotopic (exact) mass is 252 g/mol. The molecule has 1 fully saturated rings. The molecule has 1 aliphatic heterocycles. The van der Waals surface area contributed by atoms with E-state index in [4.69, 9.17) is 4.42 Å². The molecule has 0 spiro atoms.